The van der Waals surface area contributed by atoms with Crippen molar-refractivity contribution in [2.45, 2.75) is 46.1 Å². The highest BCUT2D eigenvalue weighted by molar-refractivity contribution is 5.85. The molecule has 2 atom stereocenters. The van der Waals surface area contributed by atoms with Gasteiger partial charge in [-0.15, -0.1) is 0 Å². The van der Waals surface area contributed by atoms with Crippen molar-refractivity contribution in [2.24, 2.45) is 11.3 Å². The van der Waals surface area contributed by atoms with Gasteiger partial charge in [0, 0.05) is 11.7 Å². The van der Waals surface area contributed by atoms with Gasteiger partial charge in [0.2, 0.25) is 0 Å². The van der Waals surface area contributed by atoms with Gasteiger partial charge in [-0.2, -0.15) is 0 Å². The minimum absolute atomic E-state index is 0.342. The second kappa shape index (κ2) is 5.84. The van der Waals surface area contributed by atoms with E-state index in [9.17, 15) is 4.79 Å². The van der Waals surface area contributed by atoms with Gasteiger partial charge < -0.3 is 16.2 Å². The maximum atomic E-state index is 10.6. The lowest BCUT2D eigenvalue weighted by Gasteiger charge is -2.39. The van der Waals surface area contributed by atoms with Crippen LogP contribution < -0.4 is 16.4 Å². The molecule has 0 aliphatic heterocycles. The van der Waals surface area contributed by atoms with E-state index in [-0.39, 0.29) is 0 Å². The Kier molecular flexibility index (Phi) is 4.30. The summed E-state index contributed by atoms with van der Waals surface area (Å²) < 4.78 is 0. The molecule has 5 heteroatoms. The van der Waals surface area contributed by atoms with E-state index in [1.807, 2.05) is 6.07 Å². The van der Waals surface area contributed by atoms with Crippen LogP contribution in [0.25, 0.3) is 0 Å². The molecule has 0 heterocycles. The second-order valence-corrected chi connectivity index (χ2v) is 6.99. The Labute approximate surface area is 125 Å². The van der Waals surface area contributed by atoms with Crippen LogP contribution in [0.2, 0.25) is 0 Å². The van der Waals surface area contributed by atoms with E-state index < -0.39 is 6.09 Å². The number of carboxylic acid groups (broad SMARTS) is 1. The first-order valence-electron chi connectivity index (χ1n) is 7.41. The number of nitrogens with two attached hydrogens (primary N) is 1. The highest BCUT2D eigenvalue weighted by Gasteiger charge is 2.32. The molecule has 1 aliphatic carbocycles. The molecular formula is C16H25N3O2. The fourth-order valence-electron chi connectivity index (χ4n) is 3.57. The molecule has 1 saturated carbocycles. The summed E-state index contributed by atoms with van der Waals surface area (Å²) >= 11 is 0. The van der Waals surface area contributed by atoms with Crippen molar-refractivity contribution in [3.63, 3.8) is 0 Å². The highest BCUT2D eigenvalue weighted by atomic mass is 16.4. The topological polar surface area (TPSA) is 87.4 Å². The average Bonchev–Trinajstić information content (AvgIpc) is 2.29. The molecule has 2 rings (SSSR count). The standard InChI is InChI=1S/C16H25N3O2/c1-10-6-12(9-16(2,3)8-10)18-14-5-4-11(7-13(14)17)19-15(20)21/h4-5,7,10,12,18-19H,6,8-9,17H2,1-3H3,(H,20,21)/t10-,12+/m1/s1. The van der Waals surface area contributed by atoms with Crippen LogP contribution in [0, 0.1) is 11.3 Å². The van der Waals surface area contributed by atoms with Gasteiger partial charge >= 0.3 is 6.09 Å². The van der Waals surface area contributed by atoms with Crippen LogP contribution in [0.4, 0.5) is 21.9 Å². The van der Waals surface area contributed by atoms with Gasteiger partial charge in [-0.3, -0.25) is 5.32 Å². The fraction of sp³-hybridized carbons (Fsp3) is 0.562. The van der Waals surface area contributed by atoms with E-state index in [1.165, 1.54) is 6.42 Å². The molecule has 1 fully saturated rings. The second-order valence-electron chi connectivity index (χ2n) is 6.99. The van der Waals surface area contributed by atoms with Gasteiger partial charge in [-0.1, -0.05) is 20.8 Å². The quantitative estimate of drug-likeness (QED) is 0.634. The molecule has 116 valence electrons. The maximum absolute atomic E-state index is 10.6. The van der Waals surface area contributed by atoms with Crippen molar-refractivity contribution in [1.29, 1.82) is 0 Å². The molecule has 0 saturated heterocycles. The van der Waals surface area contributed by atoms with E-state index in [1.54, 1.807) is 12.1 Å². The first-order valence-corrected chi connectivity index (χ1v) is 7.41. The van der Waals surface area contributed by atoms with Gasteiger partial charge in [0.15, 0.2) is 0 Å². The van der Waals surface area contributed by atoms with Crippen molar-refractivity contribution in [3.05, 3.63) is 18.2 Å². The minimum atomic E-state index is -1.09. The van der Waals surface area contributed by atoms with Gasteiger partial charge in [0.05, 0.1) is 11.4 Å². The number of rotatable bonds is 3. The first-order chi connectivity index (χ1) is 9.75. The van der Waals surface area contributed by atoms with Crippen LogP contribution in [-0.2, 0) is 0 Å². The molecule has 5 N–H and O–H groups in total. The summed E-state index contributed by atoms with van der Waals surface area (Å²) in [5.41, 5.74) is 8.29. The largest absolute Gasteiger partial charge is 0.465 e. The van der Waals surface area contributed by atoms with Crippen LogP contribution in [0.15, 0.2) is 18.2 Å². The number of hydrogen-bond donors (Lipinski definition) is 4. The molecule has 0 spiro atoms. The lowest BCUT2D eigenvalue weighted by atomic mass is 9.70. The maximum Gasteiger partial charge on any atom is 0.409 e. The summed E-state index contributed by atoms with van der Waals surface area (Å²) in [7, 11) is 0. The lowest BCUT2D eigenvalue weighted by molar-refractivity contribution is 0.178. The van der Waals surface area contributed by atoms with Crippen molar-refractivity contribution >= 4 is 23.2 Å². The van der Waals surface area contributed by atoms with Gasteiger partial charge in [-0.05, 0) is 48.8 Å². The van der Waals surface area contributed by atoms with Crippen molar-refractivity contribution in [3.8, 4) is 0 Å². The van der Waals surface area contributed by atoms with Crippen LogP contribution in [0.5, 0.6) is 0 Å². The van der Waals surface area contributed by atoms with E-state index in [0.29, 0.717) is 28.7 Å². The zero-order valence-corrected chi connectivity index (χ0v) is 12.9. The Morgan fingerprint density at radius 3 is 2.67 bits per heavy atom. The number of nitrogens with one attached hydrogen (secondary N) is 2. The number of anilines is 3. The number of benzene rings is 1. The van der Waals surface area contributed by atoms with Gasteiger partial charge in [0.1, 0.15) is 0 Å². The van der Waals surface area contributed by atoms with Crippen molar-refractivity contribution in [1.82, 2.24) is 0 Å². The molecule has 1 amide bonds. The number of amides is 1. The monoisotopic (exact) mass is 291 g/mol. The van der Waals surface area contributed by atoms with E-state index >= 15 is 0 Å². The molecule has 0 unspecified atom stereocenters. The van der Waals surface area contributed by atoms with Crippen LogP contribution >= 0.6 is 0 Å². The molecular weight excluding hydrogens is 266 g/mol. The van der Waals surface area contributed by atoms with E-state index in [4.69, 9.17) is 10.8 Å². The SMILES string of the molecule is C[C@@H]1C[C@H](Nc2ccc(NC(=O)O)cc2N)CC(C)(C)C1. The molecule has 0 aromatic heterocycles. The van der Waals surface area contributed by atoms with E-state index in [0.717, 1.165) is 18.5 Å². The van der Waals surface area contributed by atoms with Crippen molar-refractivity contribution in [2.75, 3.05) is 16.4 Å². The Hall–Kier alpha value is -1.91. The van der Waals surface area contributed by atoms with Crippen molar-refractivity contribution < 1.29 is 9.90 Å². The Balaban J connectivity index is 2.07. The molecule has 5 nitrogen and oxygen atoms in total. The molecule has 1 aromatic carbocycles. The van der Waals surface area contributed by atoms with Gasteiger partial charge in [-0.25, -0.2) is 4.79 Å². The minimum Gasteiger partial charge on any atom is -0.465 e. The van der Waals surface area contributed by atoms with E-state index in [2.05, 4.69) is 31.4 Å². The summed E-state index contributed by atoms with van der Waals surface area (Å²) in [5, 5.41) is 14.5. The Morgan fingerprint density at radius 2 is 2.10 bits per heavy atom. The van der Waals surface area contributed by atoms with Crippen LogP contribution in [0.1, 0.15) is 40.0 Å². The first kappa shape index (κ1) is 15.5. The summed E-state index contributed by atoms with van der Waals surface area (Å²) in [4.78, 5) is 10.6. The average molecular weight is 291 g/mol. The normalized spacial score (nSPS) is 24.3. The predicted molar refractivity (Wildman–Crippen MR) is 86.7 cm³/mol. The predicted octanol–water partition coefficient (Wildman–Crippen LogP) is 3.99. The third kappa shape index (κ3) is 4.28. The zero-order chi connectivity index (χ0) is 15.6. The zero-order valence-electron chi connectivity index (χ0n) is 12.9. The Bertz CT molecular complexity index is 528. The Morgan fingerprint density at radius 1 is 1.38 bits per heavy atom. The molecule has 0 radical (unpaired) electrons. The summed E-state index contributed by atoms with van der Waals surface area (Å²) in [6, 6.07) is 5.62. The molecule has 1 aromatic rings. The number of carbonyl (C=O) groups is 1. The third-order valence-corrected chi connectivity index (χ3v) is 4.05. The fourth-order valence-corrected chi connectivity index (χ4v) is 3.57. The van der Waals surface area contributed by atoms with Crippen LogP contribution in [0.3, 0.4) is 0 Å². The third-order valence-electron chi connectivity index (χ3n) is 4.05. The lowest BCUT2D eigenvalue weighted by Crippen LogP contribution is -2.35. The molecule has 21 heavy (non-hydrogen) atoms. The number of hydrogen-bond acceptors (Lipinski definition) is 3. The van der Waals surface area contributed by atoms with Gasteiger partial charge in [0.25, 0.3) is 0 Å². The summed E-state index contributed by atoms with van der Waals surface area (Å²) in [6.45, 7) is 6.90. The highest BCUT2D eigenvalue weighted by Crippen LogP contribution is 2.40. The number of nitrogen functional groups attached to an aromatic ring is 1. The molecule has 0 bridgehead atoms. The van der Waals surface area contributed by atoms with Crippen LogP contribution in [-0.4, -0.2) is 17.2 Å². The smallest absolute Gasteiger partial charge is 0.409 e. The molecule has 1 aliphatic rings. The summed E-state index contributed by atoms with van der Waals surface area (Å²) in [6.07, 6.45) is 2.42. The summed E-state index contributed by atoms with van der Waals surface area (Å²) in [5.74, 6) is 0.695.